The minimum absolute atomic E-state index is 0. The fourth-order valence-corrected chi connectivity index (χ4v) is 0.844. The van der Waals surface area contributed by atoms with Gasteiger partial charge in [-0.25, -0.2) is 0 Å². The first-order valence-electron chi connectivity index (χ1n) is 3.89. The summed E-state index contributed by atoms with van der Waals surface area (Å²) in [6, 6.07) is 0. The molecule has 0 unspecified atom stereocenters. The van der Waals surface area contributed by atoms with Gasteiger partial charge in [0.2, 0.25) is 0 Å². The van der Waals surface area contributed by atoms with E-state index < -0.39 is 6.98 Å². The van der Waals surface area contributed by atoms with E-state index in [1.54, 1.807) is 0 Å². The summed E-state index contributed by atoms with van der Waals surface area (Å²) < 4.78 is 35.0. The van der Waals surface area contributed by atoms with Crippen molar-refractivity contribution in [2.24, 2.45) is 5.92 Å². The van der Waals surface area contributed by atoms with Crippen molar-refractivity contribution in [3.63, 3.8) is 0 Å². The third-order valence-corrected chi connectivity index (χ3v) is 1.65. The molecule has 0 aliphatic carbocycles. The summed E-state index contributed by atoms with van der Waals surface area (Å²) >= 11 is 0. The minimum atomic E-state index is -4.73. The van der Waals surface area contributed by atoms with Crippen LogP contribution in [0, 0.1) is 5.92 Å². The first-order chi connectivity index (χ1) is 4.99. The number of hydrogen-bond donors (Lipinski definition) is 0. The predicted molar refractivity (Wildman–Crippen MR) is 42.3 cm³/mol. The molecule has 0 aliphatic rings. The summed E-state index contributed by atoms with van der Waals surface area (Å²) in [5, 5.41) is 0. The second-order valence-corrected chi connectivity index (χ2v) is 2.59. The molecule has 12 heavy (non-hydrogen) atoms. The van der Waals surface area contributed by atoms with Crippen molar-refractivity contribution in [3.8, 4) is 0 Å². The molecule has 0 bridgehead atoms. The Bertz CT molecular complexity index is 129. The number of halogens is 3. The van der Waals surface area contributed by atoms with Crippen LogP contribution in [0.5, 0.6) is 0 Å². The van der Waals surface area contributed by atoms with Gasteiger partial charge in [0.25, 0.3) is 0 Å². The second-order valence-electron chi connectivity index (χ2n) is 2.59. The molecule has 0 rings (SSSR count). The molecule has 0 aliphatic heterocycles. The van der Waals surface area contributed by atoms with E-state index in [4.69, 9.17) is 0 Å². The zero-order chi connectivity index (χ0) is 8.91. The van der Waals surface area contributed by atoms with E-state index in [9.17, 15) is 12.9 Å². The van der Waals surface area contributed by atoms with Gasteiger partial charge in [-0.05, 0) is 18.8 Å². The molecule has 0 nitrogen and oxygen atoms in total. The molecule has 0 spiro atoms. The summed E-state index contributed by atoms with van der Waals surface area (Å²) in [7, 11) is 0. The third-order valence-electron chi connectivity index (χ3n) is 1.65. The van der Waals surface area contributed by atoms with Crippen LogP contribution in [0.1, 0.15) is 26.7 Å². The van der Waals surface area contributed by atoms with Crippen LogP contribution in [0.15, 0.2) is 12.1 Å². The van der Waals surface area contributed by atoms with Crippen LogP contribution >= 0.6 is 0 Å². The van der Waals surface area contributed by atoms with Crippen molar-refractivity contribution in [2.45, 2.75) is 26.7 Å². The Morgan fingerprint density at radius 3 is 1.83 bits per heavy atom. The van der Waals surface area contributed by atoms with Gasteiger partial charge in [-0.2, -0.15) is 0 Å². The Morgan fingerprint density at radius 1 is 1.17 bits per heavy atom. The summed E-state index contributed by atoms with van der Waals surface area (Å²) in [4.78, 5) is 0. The molecule has 0 N–H and O–H groups in total. The van der Waals surface area contributed by atoms with Gasteiger partial charge in [0.15, 0.2) is 0 Å². The summed E-state index contributed by atoms with van der Waals surface area (Å²) in [5.41, 5.74) is 0. The van der Waals surface area contributed by atoms with Gasteiger partial charge in [-0.3, -0.25) is 0 Å². The van der Waals surface area contributed by atoms with Gasteiger partial charge >= 0.3 is 58.4 Å². The van der Waals surface area contributed by atoms with Crippen molar-refractivity contribution in [2.75, 3.05) is 0 Å². The fraction of sp³-hybridized carbons (Fsp3) is 0.714. The van der Waals surface area contributed by atoms with Crippen LogP contribution in [0.25, 0.3) is 0 Å². The molecule has 0 aromatic rings. The third kappa shape index (κ3) is 9.32. The maximum Gasteiger partial charge on any atom is 1.00 e. The van der Waals surface area contributed by atoms with Gasteiger partial charge < -0.3 is 12.9 Å². The smallest absolute Gasteiger partial charge is 0.445 e. The van der Waals surface area contributed by atoms with E-state index in [0.717, 1.165) is 12.8 Å². The van der Waals surface area contributed by atoms with E-state index >= 15 is 0 Å². The van der Waals surface area contributed by atoms with E-state index in [0.29, 0.717) is 5.98 Å². The molecule has 0 heterocycles. The molecule has 0 saturated heterocycles. The van der Waals surface area contributed by atoms with Crippen LogP contribution in [0.3, 0.4) is 0 Å². The maximum atomic E-state index is 11.7. The minimum Gasteiger partial charge on any atom is -0.445 e. The Labute approximate surface area is 114 Å². The molecule has 0 fully saturated rings. The van der Waals surface area contributed by atoms with Crippen molar-refractivity contribution in [1.82, 2.24) is 0 Å². The molecule has 0 aromatic carbocycles. The van der Waals surface area contributed by atoms with Crippen LogP contribution in [-0.4, -0.2) is 6.98 Å². The summed E-state index contributed by atoms with van der Waals surface area (Å²) in [6.07, 6.45) is 2.82. The average Bonchev–Trinajstić information content (AvgIpc) is 1.88. The van der Waals surface area contributed by atoms with Gasteiger partial charge in [-0.15, -0.1) is 12.1 Å². The zero-order valence-electron chi connectivity index (χ0n) is 7.86. The largest absolute Gasteiger partial charge is 1.00 e. The van der Waals surface area contributed by atoms with E-state index in [2.05, 4.69) is 0 Å². The van der Waals surface area contributed by atoms with Crippen molar-refractivity contribution in [1.29, 1.82) is 0 Å². The maximum absolute atomic E-state index is 11.7. The van der Waals surface area contributed by atoms with Crippen LogP contribution in [0.4, 0.5) is 12.9 Å². The van der Waals surface area contributed by atoms with Gasteiger partial charge in [0.1, 0.15) is 0 Å². The first kappa shape index (κ1) is 15.7. The van der Waals surface area contributed by atoms with Gasteiger partial charge in [0.05, 0.1) is 0 Å². The average molecular weight is 204 g/mol. The molecule has 5 heteroatoms. The van der Waals surface area contributed by atoms with Crippen molar-refractivity contribution in [3.05, 3.63) is 12.1 Å². The molecule has 0 atom stereocenters. The normalized spacial score (nSPS) is 12.2. The number of rotatable bonds is 4. The monoisotopic (exact) mass is 204 g/mol. The van der Waals surface area contributed by atoms with E-state index in [-0.39, 0.29) is 57.3 Å². The summed E-state index contributed by atoms with van der Waals surface area (Å²) in [5.74, 6) is 0.469. The number of hydrogen-bond acceptors (Lipinski definition) is 0. The number of allylic oxidation sites excluding steroid dienone is 1. The first-order valence-corrected chi connectivity index (χ1v) is 3.89. The van der Waals surface area contributed by atoms with E-state index in [1.165, 1.54) is 6.08 Å². The zero-order valence-corrected chi connectivity index (χ0v) is 11.0. The topological polar surface area (TPSA) is 0 Å². The SMILES string of the molecule is CCC(/C=C/[B-](F)(F)F)CC.[K+]. The molecule has 66 valence electrons. The van der Waals surface area contributed by atoms with Crippen LogP contribution in [-0.2, 0) is 0 Å². The predicted octanol–water partition coefficient (Wildman–Crippen LogP) is 0.369. The summed E-state index contributed by atoms with van der Waals surface area (Å²) in [6.45, 7) is -0.946. The molecule has 0 radical (unpaired) electrons. The molecule has 0 aromatic heterocycles. The van der Waals surface area contributed by atoms with Crippen molar-refractivity contribution < 1.29 is 64.3 Å². The van der Waals surface area contributed by atoms with Gasteiger partial charge in [-0.1, -0.05) is 13.8 Å². The Kier molecular flexibility index (Phi) is 9.96. The fourth-order valence-electron chi connectivity index (χ4n) is 0.844. The van der Waals surface area contributed by atoms with Crippen LogP contribution < -0.4 is 51.4 Å². The Balaban J connectivity index is 0. The molecule has 0 saturated carbocycles. The standard InChI is InChI=1S/C7H13BF3.K/c1-3-7(4-2)5-6-8(9,10)11;/h5-7H,3-4H2,1-2H3;/q-1;+1/b6-5+;. The van der Waals surface area contributed by atoms with Gasteiger partial charge in [0, 0.05) is 0 Å². The van der Waals surface area contributed by atoms with E-state index in [1.807, 2.05) is 13.8 Å². The van der Waals surface area contributed by atoms with Crippen molar-refractivity contribution >= 4 is 6.98 Å². The quantitative estimate of drug-likeness (QED) is 0.580. The molecule has 0 amide bonds. The second kappa shape index (κ2) is 7.62. The Hall–Kier alpha value is 1.23. The van der Waals surface area contributed by atoms with Crippen LogP contribution in [0.2, 0.25) is 0 Å². The Morgan fingerprint density at radius 2 is 1.58 bits per heavy atom. The molecular formula is C7H13BF3K. The molecular weight excluding hydrogens is 191 g/mol.